The van der Waals surface area contributed by atoms with Crippen LogP contribution in [0.25, 0.3) is 22.4 Å². The molecule has 2 heterocycles. The van der Waals surface area contributed by atoms with E-state index in [-0.39, 0.29) is 18.5 Å². The maximum absolute atomic E-state index is 13.1. The van der Waals surface area contributed by atoms with Gasteiger partial charge in [0, 0.05) is 16.6 Å². The van der Waals surface area contributed by atoms with Crippen molar-refractivity contribution in [3.05, 3.63) is 77.3 Å². The Bertz CT molecular complexity index is 1220. The second-order valence-corrected chi connectivity index (χ2v) is 7.72. The molecule has 1 aliphatic rings. The van der Waals surface area contributed by atoms with Gasteiger partial charge in [-0.05, 0) is 48.9 Å². The molecular weight excluding hydrogens is 378 g/mol. The molecule has 2 aromatic carbocycles. The molecule has 0 N–H and O–H groups in total. The molecule has 1 atom stereocenters. The molecule has 0 radical (unpaired) electrons. The van der Waals surface area contributed by atoms with Gasteiger partial charge in [-0.15, -0.1) is 10.2 Å². The van der Waals surface area contributed by atoms with Crippen molar-refractivity contribution in [2.75, 3.05) is 0 Å². The Morgan fingerprint density at radius 2 is 1.90 bits per heavy atom. The first kappa shape index (κ1) is 18.5. The lowest BCUT2D eigenvalue weighted by Crippen LogP contribution is -2.19. The number of carbonyl (C=O) groups is 1. The zero-order valence-corrected chi connectivity index (χ0v) is 16.7. The highest BCUT2D eigenvalue weighted by molar-refractivity contribution is 6.05. The minimum atomic E-state index is -0.376. The average molecular weight is 399 g/mol. The molecule has 5 rings (SSSR count). The number of benzene rings is 2. The van der Waals surface area contributed by atoms with Crippen molar-refractivity contribution in [2.24, 2.45) is 5.92 Å². The summed E-state index contributed by atoms with van der Waals surface area (Å²) >= 11 is 0. The first-order valence-electron chi connectivity index (χ1n) is 10.1. The van der Waals surface area contributed by atoms with Crippen LogP contribution >= 0.6 is 0 Å². The third-order valence-corrected chi connectivity index (χ3v) is 5.52. The van der Waals surface area contributed by atoms with E-state index >= 15 is 0 Å². The van der Waals surface area contributed by atoms with Crippen molar-refractivity contribution in [3.63, 3.8) is 0 Å². The summed E-state index contributed by atoms with van der Waals surface area (Å²) in [6.07, 6.45) is 2.79. The predicted octanol–water partition coefficient (Wildman–Crippen LogP) is 4.77. The first-order chi connectivity index (χ1) is 14.7. The highest BCUT2D eigenvalue weighted by atomic mass is 16.5. The van der Waals surface area contributed by atoms with E-state index < -0.39 is 0 Å². The molecule has 30 heavy (non-hydrogen) atoms. The van der Waals surface area contributed by atoms with Gasteiger partial charge in [-0.25, -0.2) is 4.79 Å². The van der Waals surface area contributed by atoms with E-state index in [9.17, 15) is 4.79 Å². The summed E-state index contributed by atoms with van der Waals surface area (Å²) in [6.45, 7) is 2.14. The molecule has 0 fully saturated rings. The van der Waals surface area contributed by atoms with E-state index in [1.54, 1.807) is 0 Å². The van der Waals surface area contributed by atoms with Crippen molar-refractivity contribution in [2.45, 2.75) is 32.8 Å². The Balaban J connectivity index is 1.43. The molecule has 1 aliphatic carbocycles. The van der Waals surface area contributed by atoms with Gasteiger partial charge in [0.1, 0.15) is 0 Å². The maximum Gasteiger partial charge on any atom is 0.339 e. The third kappa shape index (κ3) is 3.45. The lowest BCUT2D eigenvalue weighted by atomic mass is 9.84. The summed E-state index contributed by atoms with van der Waals surface area (Å²) in [7, 11) is 0. The SMILES string of the molecule is C[C@H]1CCc2nc3ccccc3c(C(=O)OCc3nnc(-c4ccccc4)o3)c2C1. The first-order valence-corrected chi connectivity index (χ1v) is 10.1. The number of ether oxygens (including phenoxy) is 1. The topological polar surface area (TPSA) is 78.1 Å². The van der Waals surface area contributed by atoms with Crippen LogP contribution in [0.5, 0.6) is 0 Å². The van der Waals surface area contributed by atoms with Gasteiger partial charge in [-0.1, -0.05) is 43.3 Å². The number of nitrogens with zero attached hydrogens (tertiary/aromatic N) is 3. The van der Waals surface area contributed by atoms with Gasteiger partial charge in [0.25, 0.3) is 5.89 Å². The molecular formula is C24H21N3O3. The van der Waals surface area contributed by atoms with Crippen molar-refractivity contribution >= 4 is 16.9 Å². The summed E-state index contributed by atoms with van der Waals surface area (Å²) in [5.41, 5.74) is 4.27. The predicted molar refractivity (Wildman–Crippen MR) is 112 cm³/mol. The minimum absolute atomic E-state index is 0.0698. The van der Waals surface area contributed by atoms with Crippen LogP contribution in [0.1, 0.15) is 40.9 Å². The zero-order chi connectivity index (χ0) is 20.5. The fraction of sp³-hybridized carbons (Fsp3) is 0.250. The van der Waals surface area contributed by atoms with Gasteiger partial charge in [0.05, 0.1) is 11.1 Å². The minimum Gasteiger partial charge on any atom is -0.452 e. The van der Waals surface area contributed by atoms with E-state index in [0.717, 1.165) is 47.0 Å². The monoisotopic (exact) mass is 399 g/mol. The van der Waals surface area contributed by atoms with Crippen LogP contribution in [0.2, 0.25) is 0 Å². The molecule has 0 saturated carbocycles. The van der Waals surface area contributed by atoms with E-state index in [2.05, 4.69) is 17.1 Å². The fourth-order valence-electron chi connectivity index (χ4n) is 4.00. The molecule has 4 aromatic rings. The number of aromatic nitrogens is 3. The van der Waals surface area contributed by atoms with Gasteiger partial charge in [0.2, 0.25) is 5.89 Å². The molecule has 0 aliphatic heterocycles. The summed E-state index contributed by atoms with van der Waals surface area (Å²) in [6, 6.07) is 17.2. The van der Waals surface area contributed by atoms with Crippen molar-refractivity contribution < 1.29 is 13.9 Å². The zero-order valence-electron chi connectivity index (χ0n) is 16.7. The number of aryl methyl sites for hydroxylation is 1. The summed E-state index contributed by atoms with van der Waals surface area (Å²) in [5.74, 6) is 0.805. The van der Waals surface area contributed by atoms with Gasteiger partial charge >= 0.3 is 5.97 Å². The second-order valence-electron chi connectivity index (χ2n) is 7.72. The van der Waals surface area contributed by atoms with Crippen LogP contribution in [0, 0.1) is 5.92 Å². The summed E-state index contributed by atoms with van der Waals surface area (Å²) in [4.78, 5) is 17.9. The Hall–Kier alpha value is -3.54. The lowest BCUT2D eigenvalue weighted by molar-refractivity contribution is 0.0439. The van der Waals surface area contributed by atoms with Crippen LogP contribution < -0.4 is 0 Å². The average Bonchev–Trinajstić information content (AvgIpc) is 3.26. The molecule has 0 unspecified atom stereocenters. The number of fused-ring (bicyclic) bond motifs is 2. The Morgan fingerprint density at radius 3 is 2.77 bits per heavy atom. The molecule has 0 spiro atoms. The standard InChI is InChI=1S/C24H21N3O3/c1-15-11-12-20-18(13-15)22(17-9-5-6-10-19(17)25-20)24(28)29-14-21-26-27-23(30-21)16-7-3-2-4-8-16/h2-10,15H,11-14H2,1H3/t15-/m0/s1. The second kappa shape index (κ2) is 7.71. The molecule has 0 amide bonds. The van der Waals surface area contributed by atoms with Crippen molar-refractivity contribution in [3.8, 4) is 11.5 Å². The summed E-state index contributed by atoms with van der Waals surface area (Å²) < 4.78 is 11.3. The highest BCUT2D eigenvalue weighted by Crippen LogP contribution is 2.32. The number of rotatable bonds is 4. The number of pyridine rings is 1. The third-order valence-electron chi connectivity index (χ3n) is 5.52. The summed E-state index contributed by atoms with van der Waals surface area (Å²) in [5, 5.41) is 8.89. The van der Waals surface area contributed by atoms with Crippen molar-refractivity contribution in [1.82, 2.24) is 15.2 Å². The van der Waals surface area contributed by atoms with Crippen LogP contribution in [0.15, 0.2) is 59.0 Å². The highest BCUT2D eigenvalue weighted by Gasteiger charge is 2.26. The Morgan fingerprint density at radius 1 is 1.10 bits per heavy atom. The van der Waals surface area contributed by atoms with E-state index in [1.165, 1.54) is 0 Å². The van der Waals surface area contributed by atoms with E-state index in [0.29, 0.717) is 17.4 Å². The van der Waals surface area contributed by atoms with Crippen LogP contribution in [-0.2, 0) is 24.2 Å². The van der Waals surface area contributed by atoms with Gasteiger partial charge < -0.3 is 9.15 Å². The van der Waals surface area contributed by atoms with Gasteiger partial charge in [-0.3, -0.25) is 4.98 Å². The number of esters is 1. The smallest absolute Gasteiger partial charge is 0.339 e. The molecule has 0 bridgehead atoms. The number of para-hydroxylation sites is 1. The number of carbonyl (C=O) groups excluding carboxylic acids is 1. The normalized spacial score (nSPS) is 15.7. The Labute approximate surface area is 173 Å². The van der Waals surface area contributed by atoms with E-state index in [1.807, 2.05) is 54.6 Å². The number of hydrogen-bond acceptors (Lipinski definition) is 6. The van der Waals surface area contributed by atoms with Crippen LogP contribution in [0.4, 0.5) is 0 Å². The fourth-order valence-corrected chi connectivity index (χ4v) is 4.00. The molecule has 2 aromatic heterocycles. The van der Waals surface area contributed by atoms with Crippen LogP contribution in [-0.4, -0.2) is 21.2 Å². The largest absolute Gasteiger partial charge is 0.452 e. The van der Waals surface area contributed by atoms with Gasteiger partial charge in [-0.2, -0.15) is 0 Å². The van der Waals surface area contributed by atoms with Gasteiger partial charge in [0.15, 0.2) is 6.61 Å². The molecule has 6 heteroatoms. The Kier molecular flexibility index (Phi) is 4.75. The lowest BCUT2D eigenvalue weighted by Gasteiger charge is -2.24. The van der Waals surface area contributed by atoms with Crippen LogP contribution in [0.3, 0.4) is 0 Å². The quantitative estimate of drug-likeness (QED) is 0.460. The van der Waals surface area contributed by atoms with Crippen molar-refractivity contribution in [1.29, 1.82) is 0 Å². The van der Waals surface area contributed by atoms with E-state index in [4.69, 9.17) is 14.1 Å². The maximum atomic E-state index is 13.1. The molecule has 150 valence electrons. The number of hydrogen-bond donors (Lipinski definition) is 0. The molecule has 6 nitrogen and oxygen atoms in total. The molecule has 0 saturated heterocycles.